The van der Waals surface area contributed by atoms with E-state index in [1.165, 1.54) is 6.07 Å². The molecule has 6 heteroatoms. The predicted octanol–water partition coefficient (Wildman–Crippen LogP) is 3.37. The van der Waals surface area contributed by atoms with Gasteiger partial charge in [-0.2, -0.15) is 18.4 Å². The Labute approximate surface area is 81.5 Å². The van der Waals surface area contributed by atoms with Crippen molar-refractivity contribution >= 4 is 11.6 Å². The summed E-state index contributed by atoms with van der Waals surface area (Å²) in [6.45, 7) is 0. The van der Waals surface area contributed by atoms with E-state index in [0.29, 0.717) is 12.1 Å². The van der Waals surface area contributed by atoms with E-state index in [2.05, 4.69) is 0 Å². The molecule has 0 N–H and O–H groups in total. The van der Waals surface area contributed by atoms with Crippen LogP contribution in [-0.4, -0.2) is 0 Å². The van der Waals surface area contributed by atoms with Crippen molar-refractivity contribution in [2.45, 2.75) is 6.18 Å². The summed E-state index contributed by atoms with van der Waals surface area (Å²) in [4.78, 5) is 0. The molecule has 0 radical (unpaired) electrons. The van der Waals surface area contributed by atoms with Crippen molar-refractivity contribution in [2.24, 2.45) is 0 Å². The summed E-state index contributed by atoms with van der Waals surface area (Å²) in [7, 11) is 0. The van der Waals surface area contributed by atoms with Gasteiger partial charge in [0.25, 0.3) is 0 Å². The van der Waals surface area contributed by atoms with Gasteiger partial charge in [0.2, 0.25) is 0 Å². The van der Waals surface area contributed by atoms with Gasteiger partial charge in [0.05, 0.1) is 22.2 Å². The lowest BCUT2D eigenvalue weighted by atomic mass is 10.1. The van der Waals surface area contributed by atoms with E-state index < -0.39 is 28.1 Å². The van der Waals surface area contributed by atoms with E-state index in [4.69, 9.17) is 16.9 Å². The van der Waals surface area contributed by atoms with Crippen molar-refractivity contribution in [3.05, 3.63) is 34.1 Å². The Morgan fingerprint density at radius 2 is 1.86 bits per heavy atom. The molecule has 1 aromatic carbocycles. The number of nitrogens with zero attached hydrogens (tertiary/aromatic N) is 1. The van der Waals surface area contributed by atoms with E-state index in [1.54, 1.807) is 0 Å². The second kappa shape index (κ2) is 3.46. The summed E-state index contributed by atoms with van der Waals surface area (Å²) in [5.74, 6) is -1.05. The second-order valence-corrected chi connectivity index (χ2v) is 2.83. The Balaban J connectivity index is 3.45. The Bertz CT molecular complexity index is 405. The number of hydrogen-bond acceptors (Lipinski definition) is 1. The third kappa shape index (κ3) is 1.96. The van der Waals surface area contributed by atoms with Crippen LogP contribution in [0.25, 0.3) is 0 Å². The molecule has 1 nitrogen and oxygen atoms in total. The molecule has 0 saturated carbocycles. The number of nitriles is 1. The molecule has 0 aliphatic carbocycles. The lowest BCUT2D eigenvalue weighted by Crippen LogP contribution is -2.08. The van der Waals surface area contributed by atoms with Gasteiger partial charge >= 0.3 is 6.18 Å². The fraction of sp³-hybridized carbons (Fsp3) is 0.125. The number of alkyl halides is 3. The van der Waals surface area contributed by atoms with Gasteiger partial charge in [-0.3, -0.25) is 0 Å². The normalized spacial score (nSPS) is 11.1. The van der Waals surface area contributed by atoms with E-state index in [1.807, 2.05) is 0 Å². The van der Waals surface area contributed by atoms with Crippen LogP contribution in [0, 0.1) is 17.1 Å². The smallest absolute Gasteiger partial charge is 0.205 e. The van der Waals surface area contributed by atoms with Crippen molar-refractivity contribution in [2.75, 3.05) is 0 Å². The molecule has 14 heavy (non-hydrogen) atoms. The van der Waals surface area contributed by atoms with Crippen LogP contribution < -0.4 is 0 Å². The van der Waals surface area contributed by atoms with Gasteiger partial charge in [-0.25, -0.2) is 4.39 Å². The molecular weight excluding hydrogens is 222 g/mol. The minimum atomic E-state index is -4.71. The highest BCUT2D eigenvalue weighted by Crippen LogP contribution is 2.34. The van der Waals surface area contributed by atoms with Crippen molar-refractivity contribution < 1.29 is 17.6 Å². The zero-order valence-corrected chi connectivity index (χ0v) is 7.25. The zero-order chi connectivity index (χ0) is 10.9. The molecule has 1 aromatic rings. The molecule has 74 valence electrons. The average Bonchev–Trinajstić information content (AvgIpc) is 2.07. The first kappa shape index (κ1) is 10.8. The molecule has 0 spiro atoms. The molecule has 0 aliphatic heterocycles. The molecule has 0 aromatic heterocycles. The maximum Gasteiger partial charge on any atom is 0.417 e. The highest BCUT2D eigenvalue weighted by atomic mass is 35.5. The lowest BCUT2D eigenvalue weighted by Gasteiger charge is -2.08. The van der Waals surface area contributed by atoms with Gasteiger partial charge in [-0.15, -0.1) is 0 Å². The molecular formula is C8H2ClF4N. The van der Waals surface area contributed by atoms with Crippen molar-refractivity contribution in [1.82, 2.24) is 0 Å². The summed E-state index contributed by atoms with van der Waals surface area (Å²) in [5.41, 5.74) is -2.01. The minimum absolute atomic E-state index is 0.398. The number of halogens is 5. The van der Waals surface area contributed by atoms with Gasteiger partial charge in [0, 0.05) is 0 Å². The fourth-order valence-corrected chi connectivity index (χ4v) is 1.04. The van der Waals surface area contributed by atoms with Crippen LogP contribution in [0.2, 0.25) is 5.02 Å². The predicted molar refractivity (Wildman–Crippen MR) is 41.1 cm³/mol. The number of hydrogen-bond donors (Lipinski definition) is 0. The molecule has 1 rings (SSSR count). The third-order valence-electron chi connectivity index (χ3n) is 1.49. The largest absolute Gasteiger partial charge is 0.417 e. The first-order chi connectivity index (χ1) is 6.36. The molecule has 0 amide bonds. The highest BCUT2D eigenvalue weighted by Gasteiger charge is 2.34. The van der Waals surface area contributed by atoms with E-state index in [-0.39, 0.29) is 0 Å². The Hall–Kier alpha value is -1.28. The molecule has 0 unspecified atom stereocenters. The zero-order valence-electron chi connectivity index (χ0n) is 6.49. The van der Waals surface area contributed by atoms with Gasteiger partial charge in [0.1, 0.15) is 5.82 Å². The van der Waals surface area contributed by atoms with Crippen molar-refractivity contribution in [3.8, 4) is 6.07 Å². The first-order valence-electron chi connectivity index (χ1n) is 3.32. The molecule has 0 fully saturated rings. The van der Waals surface area contributed by atoms with Crippen LogP contribution in [0.4, 0.5) is 17.6 Å². The first-order valence-corrected chi connectivity index (χ1v) is 3.70. The van der Waals surface area contributed by atoms with Crippen LogP contribution in [-0.2, 0) is 6.18 Å². The van der Waals surface area contributed by atoms with E-state index >= 15 is 0 Å². The second-order valence-electron chi connectivity index (χ2n) is 2.42. The number of rotatable bonds is 0. The van der Waals surface area contributed by atoms with Crippen LogP contribution in [0.1, 0.15) is 11.1 Å². The summed E-state index contributed by atoms with van der Waals surface area (Å²) in [6.07, 6.45) is -4.71. The van der Waals surface area contributed by atoms with Crippen LogP contribution in [0.15, 0.2) is 12.1 Å². The quantitative estimate of drug-likeness (QED) is 0.619. The summed E-state index contributed by atoms with van der Waals surface area (Å²) >= 11 is 5.16. The monoisotopic (exact) mass is 223 g/mol. The van der Waals surface area contributed by atoms with E-state index in [9.17, 15) is 17.6 Å². The molecule has 0 atom stereocenters. The summed E-state index contributed by atoms with van der Waals surface area (Å²) in [6, 6.07) is 2.11. The maximum atomic E-state index is 12.7. The van der Waals surface area contributed by atoms with Gasteiger partial charge in [-0.1, -0.05) is 11.6 Å². The average molecular weight is 224 g/mol. The summed E-state index contributed by atoms with van der Waals surface area (Å²) < 4.78 is 49.3. The lowest BCUT2D eigenvalue weighted by molar-refractivity contribution is -0.137. The van der Waals surface area contributed by atoms with E-state index in [0.717, 1.165) is 0 Å². The molecule has 0 heterocycles. The van der Waals surface area contributed by atoms with Crippen molar-refractivity contribution in [3.63, 3.8) is 0 Å². The SMILES string of the molecule is N#Cc1cc(F)c(Cl)cc1C(F)(F)F. The van der Waals surface area contributed by atoms with Crippen LogP contribution >= 0.6 is 11.6 Å². The Kier molecular flexibility index (Phi) is 2.67. The molecule has 0 bridgehead atoms. The van der Waals surface area contributed by atoms with Crippen LogP contribution in [0.5, 0.6) is 0 Å². The number of benzene rings is 1. The van der Waals surface area contributed by atoms with Crippen LogP contribution in [0.3, 0.4) is 0 Å². The maximum absolute atomic E-state index is 12.7. The Morgan fingerprint density at radius 3 is 2.29 bits per heavy atom. The van der Waals surface area contributed by atoms with Gasteiger partial charge < -0.3 is 0 Å². The third-order valence-corrected chi connectivity index (χ3v) is 1.78. The fourth-order valence-electron chi connectivity index (χ4n) is 0.874. The standard InChI is InChI=1S/C8H2ClF4N/c9-6-2-5(8(11,12)13)4(3-14)1-7(6)10/h1-2H. The highest BCUT2D eigenvalue weighted by molar-refractivity contribution is 6.30. The van der Waals surface area contributed by atoms with Gasteiger partial charge in [-0.05, 0) is 12.1 Å². The summed E-state index contributed by atoms with van der Waals surface area (Å²) in [5, 5.41) is 7.68. The van der Waals surface area contributed by atoms with Gasteiger partial charge in [0.15, 0.2) is 0 Å². The van der Waals surface area contributed by atoms with Crippen molar-refractivity contribution in [1.29, 1.82) is 5.26 Å². The Morgan fingerprint density at radius 1 is 1.29 bits per heavy atom. The molecule has 0 saturated heterocycles. The minimum Gasteiger partial charge on any atom is -0.205 e. The molecule has 0 aliphatic rings. The topological polar surface area (TPSA) is 23.8 Å².